The lowest BCUT2D eigenvalue weighted by molar-refractivity contribution is -0.131. The molecule has 0 aromatic heterocycles. The van der Waals surface area contributed by atoms with E-state index in [0.29, 0.717) is 0 Å². The first kappa shape index (κ1) is 9.08. The van der Waals surface area contributed by atoms with Crippen molar-refractivity contribution in [3.8, 4) is 0 Å². The summed E-state index contributed by atoms with van der Waals surface area (Å²) in [7, 11) is 1.30. The second kappa shape index (κ2) is 4.78. The van der Waals surface area contributed by atoms with E-state index < -0.39 is 0 Å². The quantitative estimate of drug-likeness (QED) is 0.497. The Labute approximate surface area is 73.0 Å². The van der Waals surface area contributed by atoms with E-state index in [-0.39, 0.29) is 14.2 Å². The first-order chi connectivity index (χ1) is 5.83. The summed E-state index contributed by atoms with van der Waals surface area (Å²) < 4.78 is 4.50. The molecule has 0 aliphatic rings. The molecule has 0 N–H and O–H groups in total. The van der Waals surface area contributed by atoms with Crippen molar-refractivity contribution in [3.63, 3.8) is 0 Å². The number of benzene rings is 1. The van der Waals surface area contributed by atoms with Crippen molar-refractivity contribution >= 4 is 25.3 Å². The summed E-state index contributed by atoms with van der Waals surface area (Å²) in [5.74, 6) is 1.36. The molecule has 1 aromatic carbocycles. The zero-order chi connectivity index (χ0) is 8.81. The van der Waals surface area contributed by atoms with E-state index in [4.69, 9.17) is 0 Å². The van der Waals surface area contributed by atoms with Gasteiger partial charge in [-0.15, -0.1) is 0 Å². The standard InChI is InChI=1S/C9H11O2P/c1-11-9(10)7-12-8-5-3-2-4-6-8/h2-7H,12H2,1H3. The maximum absolute atomic E-state index is 10.7. The predicted molar refractivity (Wildman–Crippen MR) is 53.9 cm³/mol. The summed E-state index contributed by atoms with van der Waals surface area (Å²) in [6, 6.07) is 9.91. The third-order valence-corrected chi connectivity index (χ3v) is 2.62. The Kier molecular flexibility index (Phi) is 3.62. The second-order valence-corrected chi connectivity index (χ2v) is 3.60. The number of carbonyl (C=O) groups excluding carboxylic acids is 1. The average Bonchev–Trinajstić information content (AvgIpc) is 2.16. The number of hydrogen-bond donors (Lipinski definition) is 0. The Bertz CT molecular complexity index is 280. The fraction of sp³-hybridized carbons (Fsp3) is 0.111. The van der Waals surface area contributed by atoms with Crippen LogP contribution >= 0.6 is 8.20 Å². The highest BCUT2D eigenvalue weighted by Gasteiger charge is 1.89. The molecule has 0 aliphatic carbocycles. The van der Waals surface area contributed by atoms with Gasteiger partial charge in [0.05, 0.1) is 7.11 Å². The highest BCUT2D eigenvalue weighted by Crippen LogP contribution is 1.95. The van der Waals surface area contributed by atoms with Crippen molar-refractivity contribution in [3.05, 3.63) is 30.3 Å². The van der Waals surface area contributed by atoms with Gasteiger partial charge < -0.3 is 4.74 Å². The van der Waals surface area contributed by atoms with Crippen LogP contribution in [0.1, 0.15) is 0 Å². The Morgan fingerprint density at radius 1 is 1.42 bits per heavy atom. The van der Waals surface area contributed by atoms with Crippen LogP contribution in [0, 0.1) is 0 Å². The van der Waals surface area contributed by atoms with E-state index in [1.54, 1.807) is 5.80 Å². The van der Waals surface area contributed by atoms with E-state index in [9.17, 15) is 4.79 Å². The predicted octanol–water partition coefficient (Wildman–Crippen LogP) is 0.698. The van der Waals surface area contributed by atoms with Crippen molar-refractivity contribution in [1.29, 1.82) is 0 Å². The third kappa shape index (κ3) is 2.93. The molecule has 0 heterocycles. The van der Waals surface area contributed by atoms with Gasteiger partial charge in [-0.25, -0.2) is 4.79 Å². The van der Waals surface area contributed by atoms with E-state index in [2.05, 4.69) is 4.74 Å². The Morgan fingerprint density at radius 2 is 2.08 bits per heavy atom. The van der Waals surface area contributed by atoms with Crippen LogP contribution in [0.2, 0.25) is 0 Å². The molecular weight excluding hydrogens is 171 g/mol. The van der Waals surface area contributed by atoms with E-state index in [1.807, 2.05) is 30.3 Å². The maximum Gasteiger partial charge on any atom is 0.330 e. The molecule has 0 amide bonds. The molecular formula is C9H11O2P. The minimum Gasteiger partial charge on any atom is -0.466 e. The summed E-state index contributed by atoms with van der Waals surface area (Å²) in [6.07, 6.45) is 0. The minimum absolute atomic E-state index is 0.0887. The number of hydrogen-bond acceptors (Lipinski definition) is 2. The van der Waals surface area contributed by atoms with Crippen LogP contribution in [0.4, 0.5) is 0 Å². The molecule has 0 saturated carbocycles. The van der Waals surface area contributed by atoms with Crippen molar-refractivity contribution in [1.82, 2.24) is 0 Å². The van der Waals surface area contributed by atoms with Gasteiger partial charge in [0, 0.05) is 5.80 Å². The van der Waals surface area contributed by atoms with Crippen LogP contribution in [0.5, 0.6) is 0 Å². The molecule has 1 unspecified atom stereocenters. The van der Waals surface area contributed by atoms with Gasteiger partial charge in [-0.3, -0.25) is 0 Å². The number of rotatable bonds is 2. The molecule has 1 aromatic rings. The zero-order valence-electron chi connectivity index (χ0n) is 6.86. The fourth-order valence-electron chi connectivity index (χ4n) is 0.796. The van der Waals surface area contributed by atoms with Crippen molar-refractivity contribution in [2.24, 2.45) is 0 Å². The lowest BCUT2D eigenvalue weighted by atomic mass is 10.4. The minimum atomic E-state index is -0.242. The smallest absolute Gasteiger partial charge is 0.330 e. The lowest BCUT2D eigenvalue weighted by Gasteiger charge is -1.91. The van der Waals surface area contributed by atoms with Crippen LogP contribution in [-0.2, 0) is 9.53 Å². The number of ether oxygens (including phenoxy) is 1. The molecule has 0 bridgehead atoms. The lowest BCUT2D eigenvalue weighted by Crippen LogP contribution is -2.00. The molecule has 0 saturated heterocycles. The van der Waals surface area contributed by atoms with Gasteiger partial charge in [0.1, 0.15) is 0 Å². The first-order valence-electron chi connectivity index (χ1n) is 3.64. The van der Waals surface area contributed by atoms with Gasteiger partial charge in [0.15, 0.2) is 0 Å². The average molecular weight is 182 g/mol. The van der Waals surface area contributed by atoms with Crippen LogP contribution in [0.3, 0.4) is 0 Å². The third-order valence-electron chi connectivity index (χ3n) is 1.41. The van der Waals surface area contributed by atoms with Crippen molar-refractivity contribution in [2.75, 3.05) is 7.11 Å². The Balaban J connectivity index is 2.64. The Morgan fingerprint density at radius 3 is 2.67 bits per heavy atom. The summed E-state index contributed by atoms with van der Waals surface area (Å²) >= 11 is 0. The largest absolute Gasteiger partial charge is 0.466 e. The molecule has 1 rings (SSSR count). The Hall–Kier alpha value is -1.01. The number of methoxy groups -OCH3 is 1. The molecule has 12 heavy (non-hydrogen) atoms. The first-order valence-corrected chi connectivity index (χ1v) is 4.88. The van der Waals surface area contributed by atoms with Gasteiger partial charge in [-0.05, 0) is 5.30 Å². The highest BCUT2D eigenvalue weighted by atomic mass is 31.1. The molecule has 0 aliphatic heterocycles. The maximum atomic E-state index is 10.7. The van der Waals surface area contributed by atoms with Crippen molar-refractivity contribution < 1.29 is 9.53 Å². The van der Waals surface area contributed by atoms with E-state index >= 15 is 0 Å². The summed E-state index contributed by atoms with van der Waals surface area (Å²) in [4.78, 5) is 10.7. The molecule has 2 nitrogen and oxygen atoms in total. The summed E-state index contributed by atoms with van der Waals surface area (Å²) in [6.45, 7) is 0. The van der Waals surface area contributed by atoms with Gasteiger partial charge in [-0.1, -0.05) is 38.5 Å². The number of esters is 1. The molecule has 64 valence electrons. The molecule has 0 spiro atoms. The molecule has 3 heteroatoms. The van der Waals surface area contributed by atoms with E-state index in [1.165, 1.54) is 12.4 Å². The van der Waals surface area contributed by atoms with Crippen LogP contribution < -0.4 is 5.30 Å². The van der Waals surface area contributed by atoms with Crippen LogP contribution in [0.15, 0.2) is 30.3 Å². The van der Waals surface area contributed by atoms with Crippen molar-refractivity contribution in [2.45, 2.75) is 0 Å². The highest BCUT2D eigenvalue weighted by molar-refractivity contribution is 7.49. The zero-order valence-corrected chi connectivity index (χ0v) is 8.01. The molecule has 1 atom stereocenters. The fourth-order valence-corrected chi connectivity index (χ4v) is 1.71. The van der Waals surface area contributed by atoms with Gasteiger partial charge in [0.2, 0.25) is 0 Å². The van der Waals surface area contributed by atoms with Crippen LogP contribution in [-0.4, -0.2) is 18.9 Å². The van der Waals surface area contributed by atoms with Crippen LogP contribution in [0.25, 0.3) is 0 Å². The van der Waals surface area contributed by atoms with E-state index in [0.717, 1.165) is 0 Å². The van der Waals surface area contributed by atoms with Gasteiger partial charge >= 0.3 is 5.97 Å². The molecule has 0 radical (unpaired) electrons. The summed E-state index contributed by atoms with van der Waals surface area (Å²) in [5.41, 5.74) is 0. The second-order valence-electron chi connectivity index (χ2n) is 2.27. The van der Waals surface area contributed by atoms with Gasteiger partial charge in [-0.2, -0.15) is 0 Å². The topological polar surface area (TPSA) is 26.3 Å². The number of carbonyl (C=O) groups is 1. The molecule has 0 fully saturated rings. The normalized spacial score (nSPS) is 10.8. The summed E-state index contributed by atoms with van der Waals surface area (Å²) in [5, 5.41) is 1.20. The SMILES string of the molecule is COC(=O)/C=[PH2]/c1ccccc1. The van der Waals surface area contributed by atoms with Gasteiger partial charge in [0.25, 0.3) is 0 Å². The monoisotopic (exact) mass is 182 g/mol.